The normalized spacial score (nSPS) is 14.7. The predicted molar refractivity (Wildman–Crippen MR) is 88.4 cm³/mol. The number of aromatic amines is 1. The number of aryl methyl sites for hydroxylation is 2. The lowest BCUT2D eigenvalue weighted by molar-refractivity contribution is 0.0772. The topological polar surface area (TPSA) is 66.3 Å². The second kappa shape index (κ2) is 6.28. The summed E-state index contributed by atoms with van der Waals surface area (Å²) in [5, 5.41) is 0. The Balaban J connectivity index is 1.86. The number of carbonyl (C=O) groups excluding carboxylic acids is 1. The van der Waals surface area contributed by atoms with E-state index >= 15 is 0 Å². The second-order valence-corrected chi connectivity index (χ2v) is 5.75. The van der Waals surface area contributed by atoms with Gasteiger partial charge < -0.3 is 14.3 Å². The molecule has 3 rings (SSSR count). The third-order valence-corrected chi connectivity index (χ3v) is 4.21. The summed E-state index contributed by atoms with van der Waals surface area (Å²) in [6.07, 6.45) is 5.20. The molecule has 3 heterocycles. The van der Waals surface area contributed by atoms with E-state index in [1.54, 1.807) is 17.2 Å². The minimum atomic E-state index is -0.313. The van der Waals surface area contributed by atoms with Crippen molar-refractivity contribution in [1.29, 1.82) is 0 Å². The Hall–Kier alpha value is -2.56. The molecule has 0 saturated heterocycles. The van der Waals surface area contributed by atoms with Crippen molar-refractivity contribution in [3.63, 3.8) is 0 Å². The van der Waals surface area contributed by atoms with Crippen LogP contribution in [-0.2, 0) is 6.42 Å². The van der Waals surface area contributed by atoms with E-state index in [0.717, 1.165) is 35.4 Å². The van der Waals surface area contributed by atoms with E-state index in [0.29, 0.717) is 13.1 Å². The maximum atomic E-state index is 12.7. The summed E-state index contributed by atoms with van der Waals surface area (Å²) in [6, 6.07) is 5.41. The lowest BCUT2D eigenvalue weighted by atomic mass is 10.1. The van der Waals surface area contributed by atoms with Gasteiger partial charge in [-0.05, 0) is 43.5 Å². The number of hydrogen-bond donors (Lipinski definition) is 1. The van der Waals surface area contributed by atoms with E-state index < -0.39 is 0 Å². The first-order valence-electron chi connectivity index (χ1n) is 7.85. The van der Waals surface area contributed by atoms with Crippen LogP contribution in [0.15, 0.2) is 39.7 Å². The molecule has 0 saturated carbocycles. The molecule has 0 spiro atoms. The zero-order valence-electron chi connectivity index (χ0n) is 13.4. The second-order valence-electron chi connectivity index (χ2n) is 5.75. The monoisotopic (exact) mass is 312 g/mol. The van der Waals surface area contributed by atoms with Gasteiger partial charge in [0.2, 0.25) is 0 Å². The highest BCUT2D eigenvalue weighted by Crippen LogP contribution is 2.22. The molecule has 0 fully saturated rings. The summed E-state index contributed by atoms with van der Waals surface area (Å²) in [5.41, 5.74) is 2.69. The average Bonchev–Trinajstić information content (AvgIpc) is 3.10. The Morgan fingerprint density at radius 2 is 2.26 bits per heavy atom. The molecule has 23 heavy (non-hydrogen) atoms. The molecule has 1 amide bonds. The summed E-state index contributed by atoms with van der Waals surface area (Å²) >= 11 is 0. The van der Waals surface area contributed by atoms with Crippen LogP contribution in [0, 0.1) is 6.92 Å². The molecule has 0 radical (unpaired) electrons. The number of nitrogens with zero attached hydrogens (tertiary/aromatic N) is 1. The molecule has 2 aromatic heterocycles. The number of hydrogen-bond acceptors (Lipinski definition) is 3. The van der Waals surface area contributed by atoms with Gasteiger partial charge in [-0.2, -0.15) is 0 Å². The number of aromatic nitrogens is 1. The number of H-pyrrole nitrogens is 1. The fourth-order valence-corrected chi connectivity index (χ4v) is 2.93. The van der Waals surface area contributed by atoms with E-state index in [1.165, 1.54) is 0 Å². The first kappa shape index (κ1) is 15.3. The zero-order valence-corrected chi connectivity index (χ0v) is 13.4. The summed E-state index contributed by atoms with van der Waals surface area (Å²) in [4.78, 5) is 29.5. The Morgan fingerprint density at radius 3 is 2.96 bits per heavy atom. The minimum Gasteiger partial charge on any atom is -0.465 e. The van der Waals surface area contributed by atoms with Crippen LogP contribution in [0.25, 0.3) is 5.57 Å². The SMILES string of the molecule is CCc1[nH]c(=O)c(C(=O)N2CCC=C(c3ccco3)C2)cc1C. The van der Waals surface area contributed by atoms with Gasteiger partial charge in [0.25, 0.3) is 11.5 Å². The Morgan fingerprint density at radius 1 is 1.43 bits per heavy atom. The van der Waals surface area contributed by atoms with Crippen LogP contribution in [0.4, 0.5) is 0 Å². The van der Waals surface area contributed by atoms with Crippen molar-refractivity contribution in [3.8, 4) is 0 Å². The van der Waals surface area contributed by atoms with Crippen molar-refractivity contribution < 1.29 is 9.21 Å². The van der Waals surface area contributed by atoms with Crippen LogP contribution >= 0.6 is 0 Å². The average molecular weight is 312 g/mol. The summed E-state index contributed by atoms with van der Waals surface area (Å²) in [5.74, 6) is 0.545. The van der Waals surface area contributed by atoms with Gasteiger partial charge in [-0.15, -0.1) is 0 Å². The van der Waals surface area contributed by atoms with Crippen LogP contribution in [0.2, 0.25) is 0 Å². The molecule has 1 aliphatic heterocycles. The molecule has 120 valence electrons. The molecule has 0 aromatic carbocycles. The molecule has 2 aromatic rings. The Bertz CT molecular complexity index is 800. The molecule has 5 heteroatoms. The largest absolute Gasteiger partial charge is 0.465 e. The Kier molecular flexibility index (Phi) is 4.19. The maximum absolute atomic E-state index is 12.7. The van der Waals surface area contributed by atoms with Crippen molar-refractivity contribution >= 4 is 11.5 Å². The van der Waals surface area contributed by atoms with Crippen LogP contribution in [-0.4, -0.2) is 28.9 Å². The van der Waals surface area contributed by atoms with Crippen LogP contribution in [0.1, 0.15) is 40.7 Å². The van der Waals surface area contributed by atoms with Gasteiger partial charge >= 0.3 is 0 Å². The smallest absolute Gasteiger partial charge is 0.261 e. The fourth-order valence-electron chi connectivity index (χ4n) is 2.93. The number of pyridine rings is 1. The lowest BCUT2D eigenvalue weighted by Gasteiger charge is -2.26. The maximum Gasteiger partial charge on any atom is 0.261 e. The van der Waals surface area contributed by atoms with Gasteiger partial charge in [0.05, 0.1) is 6.26 Å². The van der Waals surface area contributed by atoms with Gasteiger partial charge in [-0.25, -0.2) is 0 Å². The standard InChI is InChI=1S/C18H20N2O3/c1-3-15-12(2)10-14(17(21)19-15)18(22)20-8-4-6-13(11-20)16-7-5-9-23-16/h5-7,9-10H,3-4,8,11H2,1-2H3,(H,19,21). The van der Waals surface area contributed by atoms with E-state index in [9.17, 15) is 9.59 Å². The van der Waals surface area contributed by atoms with Crippen LogP contribution in [0.5, 0.6) is 0 Å². The van der Waals surface area contributed by atoms with Crippen molar-refractivity contribution in [1.82, 2.24) is 9.88 Å². The first-order valence-corrected chi connectivity index (χ1v) is 7.85. The van der Waals surface area contributed by atoms with Crippen molar-refractivity contribution in [2.24, 2.45) is 0 Å². The van der Waals surface area contributed by atoms with E-state index in [-0.39, 0.29) is 17.0 Å². The number of furan rings is 1. The van der Waals surface area contributed by atoms with Crippen LogP contribution < -0.4 is 5.56 Å². The van der Waals surface area contributed by atoms with E-state index in [2.05, 4.69) is 11.1 Å². The molecular weight excluding hydrogens is 292 g/mol. The van der Waals surface area contributed by atoms with Gasteiger partial charge in [-0.1, -0.05) is 13.0 Å². The molecule has 0 aliphatic carbocycles. The van der Waals surface area contributed by atoms with E-state index in [1.807, 2.05) is 26.0 Å². The fraction of sp³-hybridized carbons (Fsp3) is 0.333. The highest BCUT2D eigenvalue weighted by Gasteiger charge is 2.23. The zero-order chi connectivity index (χ0) is 16.4. The molecule has 0 atom stereocenters. The predicted octanol–water partition coefficient (Wildman–Crippen LogP) is 2.77. The van der Waals surface area contributed by atoms with Crippen molar-refractivity contribution in [3.05, 3.63) is 63.5 Å². The molecule has 5 nitrogen and oxygen atoms in total. The summed E-state index contributed by atoms with van der Waals surface area (Å²) in [6.45, 7) is 4.96. The molecular formula is C18H20N2O3. The molecule has 0 bridgehead atoms. The number of carbonyl (C=O) groups is 1. The van der Waals surface area contributed by atoms with Crippen LogP contribution in [0.3, 0.4) is 0 Å². The summed E-state index contributed by atoms with van der Waals surface area (Å²) in [7, 11) is 0. The highest BCUT2D eigenvalue weighted by atomic mass is 16.3. The third-order valence-electron chi connectivity index (χ3n) is 4.21. The van der Waals surface area contributed by atoms with Crippen molar-refractivity contribution in [2.75, 3.05) is 13.1 Å². The number of rotatable bonds is 3. The van der Waals surface area contributed by atoms with Gasteiger partial charge in [0.15, 0.2) is 0 Å². The lowest BCUT2D eigenvalue weighted by Crippen LogP contribution is -2.38. The van der Waals surface area contributed by atoms with E-state index in [4.69, 9.17) is 4.42 Å². The summed E-state index contributed by atoms with van der Waals surface area (Å²) < 4.78 is 5.41. The minimum absolute atomic E-state index is 0.209. The van der Waals surface area contributed by atoms with Gasteiger partial charge in [-0.3, -0.25) is 9.59 Å². The Labute approximate surface area is 134 Å². The quantitative estimate of drug-likeness (QED) is 0.947. The molecule has 0 unspecified atom stereocenters. The molecule has 1 N–H and O–H groups in total. The number of amides is 1. The van der Waals surface area contributed by atoms with Gasteiger partial charge in [0.1, 0.15) is 11.3 Å². The van der Waals surface area contributed by atoms with Crippen molar-refractivity contribution in [2.45, 2.75) is 26.7 Å². The van der Waals surface area contributed by atoms with Gasteiger partial charge in [0, 0.05) is 24.4 Å². The number of nitrogens with one attached hydrogen (secondary N) is 1. The highest BCUT2D eigenvalue weighted by molar-refractivity contribution is 5.95. The molecule has 1 aliphatic rings. The first-order chi connectivity index (χ1) is 11.1. The third kappa shape index (κ3) is 2.99.